The lowest BCUT2D eigenvalue weighted by molar-refractivity contribution is 1.02. The maximum absolute atomic E-state index is 5.43. The van der Waals surface area contributed by atoms with E-state index >= 15 is 0 Å². The van der Waals surface area contributed by atoms with Crippen LogP contribution in [0.2, 0.25) is 0 Å². The first-order chi connectivity index (χ1) is 21.3. The molecule has 0 atom stereocenters. The summed E-state index contributed by atoms with van der Waals surface area (Å²) in [6.07, 6.45) is 0. The van der Waals surface area contributed by atoms with Crippen LogP contribution in [0.5, 0.6) is 0 Å². The first-order valence-corrected chi connectivity index (χ1v) is 16.0. The molecule has 10 aromatic rings. The molecule has 0 saturated heterocycles. The van der Waals surface area contributed by atoms with Gasteiger partial charge in [-0.1, -0.05) is 91.0 Å². The van der Waals surface area contributed by atoms with Crippen molar-refractivity contribution in [3.05, 3.63) is 127 Å². The van der Waals surface area contributed by atoms with E-state index in [1.807, 2.05) is 11.3 Å². The minimum absolute atomic E-state index is 0.701. The van der Waals surface area contributed by atoms with Gasteiger partial charge in [0.15, 0.2) is 0 Å². The molecular formula is C38H21N3S2. The van der Waals surface area contributed by atoms with E-state index in [2.05, 4.69) is 132 Å². The first-order valence-electron chi connectivity index (χ1n) is 14.3. The van der Waals surface area contributed by atoms with Crippen molar-refractivity contribution in [3.8, 4) is 17.2 Å². The molecule has 0 bridgehead atoms. The molecule has 0 N–H and O–H groups in total. The van der Waals surface area contributed by atoms with Crippen LogP contribution in [0.15, 0.2) is 127 Å². The van der Waals surface area contributed by atoms with Gasteiger partial charge in [-0.05, 0) is 47.2 Å². The van der Waals surface area contributed by atoms with Gasteiger partial charge in [-0.2, -0.15) is 0 Å². The van der Waals surface area contributed by atoms with Crippen molar-refractivity contribution in [2.45, 2.75) is 0 Å². The lowest BCUT2D eigenvalue weighted by Gasteiger charge is -2.11. The zero-order chi connectivity index (χ0) is 28.1. The predicted octanol–water partition coefficient (Wildman–Crippen LogP) is 11.1. The summed E-state index contributed by atoms with van der Waals surface area (Å²) < 4.78 is 6.10. The lowest BCUT2D eigenvalue weighted by atomic mass is 10.0. The second kappa shape index (κ2) is 8.71. The lowest BCUT2D eigenvalue weighted by Crippen LogP contribution is -2.02. The molecule has 0 amide bonds. The Morgan fingerprint density at radius 3 is 2.02 bits per heavy atom. The fraction of sp³-hybridized carbons (Fsp3) is 0. The largest absolute Gasteiger partial charge is 0.278 e. The van der Waals surface area contributed by atoms with Crippen LogP contribution < -0.4 is 0 Å². The molecular weight excluding hydrogens is 563 g/mol. The highest BCUT2D eigenvalue weighted by molar-refractivity contribution is 7.26. The summed E-state index contributed by atoms with van der Waals surface area (Å²) in [6.45, 7) is 0. The molecule has 0 fully saturated rings. The monoisotopic (exact) mass is 583 g/mol. The minimum atomic E-state index is 0.701. The number of thiophene rings is 2. The third-order valence-corrected chi connectivity index (χ3v) is 10.8. The van der Waals surface area contributed by atoms with Gasteiger partial charge in [-0.3, -0.25) is 4.57 Å². The van der Waals surface area contributed by atoms with Gasteiger partial charge >= 0.3 is 0 Å². The second-order valence-electron chi connectivity index (χ2n) is 11.0. The van der Waals surface area contributed by atoms with Crippen LogP contribution in [-0.2, 0) is 0 Å². The maximum Gasteiger partial charge on any atom is 0.236 e. The highest BCUT2D eigenvalue weighted by Gasteiger charge is 2.22. The van der Waals surface area contributed by atoms with Gasteiger partial charge < -0.3 is 0 Å². The van der Waals surface area contributed by atoms with Crippen molar-refractivity contribution >= 4 is 95.7 Å². The highest BCUT2D eigenvalue weighted by atomic mass is 32.1. The molecule has 200 valence electrons. The molecule has 0 aliphatic carbocycles. The van der Waals surface area contributed by atoms with Gasteiger partial charge in [0, 0.05) is 52.0 Å². The SMILES string of the molecule is c1ccc2cc(-c3nc(-n4c5ccccc5c5c6c(ccc54)sc4ccccc46)nc4sc5ccccc5c34)ccc2c1. The summed E-state index contributed by atoms with van der Waals surface area (Å²) in [5.41, 5.74) is 4.31. The molecule has 0 saturated carbocycles. The summed E-state index contributed by atoms with van der Waals surface area (Å²) in [4.78, 5) is 11.7. The third kappa shape index (κ3) is 3.29. The number of rotatable bonds is 2. The quantitative estimate of drug-likeness (QED) is 0.203. The van der Waals surface area contributed by atoms with Crippen LogP contribution in [-0.4, -0.2) is 14.5 Å². The Bertz CT molecular complexity index is 2750. The normalized spacial score (nSPS) is 12.2. The van der Waals surface area contributed by atoms with Gasteiger partial charge in [0.1, 0.15) is 4.83 Å². The Hall–Kier alpha value is -5.10. The van der Waals surface area contributed by atoms with Crippen LogP contribution in [0.25, 0.3) is 90.3 Å². The Labute approximate surface area is 253 Å². The molecule has 4 heterocycles. The molecule has 0 unspecified atom stereocenters. The molecule has 6 aromatic carbocycles. The molecule has 4 aromatic heterocycles. The number of hydrogen-bond donors (Lipinski definition) is 0. The zero-order valence-corrected chi connectivity index (χ0v) is 24.4. The highest BCUT2D eigenvalue weighted by Crippen LogP contribution is 2.44. The fourth-order valence-corrected chi connectivity index (χ4v) is 8.93. The summed E-state index contributed by atoms with van der Waals surface area (Å²) >= 11 is 3.60. The van der Waals surface area contributed by atoms with Crippen molar-refractivity contribution in [2.75, 3.05) is 0 Å². The van der Waals surface area contributed by atoms with Gasteiger partial charge in [-0.25, -0.2) is 9.97 Å². The smallest absolute Gasteiger partial charge is 0.236 e. The van der Waals surface area contributed by atoms with Crippen molar-refractivity contribution in [1.29, 1.82) is 0 Å². The van der Waals surface area contributed by atoms with Crippen molar-refractivity contribution in [3.63, 3.8) is 0 Å². The molecule has 43 heavy (non-hydrogen) atoms. The van der Waals surface area contributed by atoms with E-state index in [4.69, 9.17) is 9.97 Å². The number of hydrogen-bond acceptors (Lipinski definition) is 4. The summed E-state index contributed by atoms with van der Waals surface area (Å²) in [5, 5.41) is 9.84. The Balaban J connectivity index is 1.36. The number of aromatic nitrogens is 3. The van der Waals surface area contributed by atoms with Crippen LogP contribution in [0.4, 0.5) is 0 Å². The fourth-order valence-electron chi connectivity index (χ4n) is 6.75. The number of para-hydroxylation sites is 1. The van der Waals surface area contributed by atoms with Gasteiger partial charge in [0.25, 0.3) is 0 Å². The number of fused-ring (bicyclic) bond motifs is 11. The third-order valence-electron chi connectivity index (χ3n) is 8.63. The minimum Gasteiger partial charge on any atom is -0.278 e. The molecule has 0 spiro atoms. The Morgan fingerprint density at radius 1 is 0.465 bits per heavy atom. The van der Waals surface area contributed by atoms with E-state index < -0.39 is 0 Å². The van der Waals surface area contributed by atoms with Gasteiger partial charge in [-0.15, -0.1) is 22.7 Å². The average Bonchev–Trinajstić information content (AvgIpc) is 3.73. The van der Waals surface area contributed by atoms with Crippen molar-refractivity contribution in [2.24, 2.45) is 0 Å². The summed E-state index contributed by atoms with van der Waals surface area (Å²) in [6, 6.07) is 45.7. The topological polar surface area (TPSA) is 30.7 Å². The number of benzene rings is 6. The predicted molar refractivity (Wildman–Crippen MR) is 185 cm³/mol. The van der Waals surface area contributed by atoms with Crippen molar-refractivity contribution in [1.82, 2.24) is 14.5 Å². The average molecular weight is 584 g/mol. The van der Waals surface area contributed by atoms with E-state index in [0.717, 1.165) is 32.5 Å². The molecule has 0 aliphatic heterocycles. The number of nitrogens with zero attached hydrogens (tertiary/aromatic N) is 3. The van der Waals surface area contributed by atoms with Gasteiger partial charge in [0.05, 0.1) is 16.7 Å². The van der Waals surface area contributed by atoms with Gasteiger partial charge in [0.2, 0.25) is 5.95 Å². The Kier molecular flexibility index (Phi) is 4.75. The zero-order valence-electron chi connectivity index (χ0n) is 22.8. The van der Waals surface area contributed by atoms with Crippen LogP contribution in [0, 0.1) is 0 Å². The van der Waals surface area contributed by atoms with Crippen LogP contribution in [0.1, 0.15) is 0 Å². The van der Waals surface area contributed by atoms with E-state index in [1.165, 1.54) is 51.8 Å². The molecule has 0 radical (unpaired) electrons. The standard InChI is InChI=1S/C38H21N3S2/c1-2-10-23-21-24(18-17-22(23)9-1)36-35-27-13-5-8-16-31(27)43-37(35)40-38(39-36)41-28-14-6-3-11-25(28)33-29(41)19-20-32-34(33)26-12-4-7-15-30(26)42-32/h1-21H. The van der Waals surface area contributed by atoms with Crippen molar-refractivity contribution < 1.29 is 0 Å². The summed E-state index contributed by atoms with van der Waals surface area (Å²) in [7, 11) is 0. The summed E-state index contributed by atoms with van der Waals surface area (Å²) in [5.74, 6) is 0.701. The van der Waals surface area contributed by atoms with E-state index in [1.54, 1.807) is 11.3 Å². The second-order valence-corrected chi connectivity index (χ2v) is 13.1. The van der Waals surface area contributed by atoms with E-state index in [-0.39, 0.29) is 0 Å². The van der Waals surface area contributed by atoms with E-state index in [9.17, 15) is 0 Å². The first kappa shape index (κ1) is 23.5. The molecule has 10 rings (SSSR count). The van der Waals surface area contributed by atoms with Crippen LogP contribution in [0.3, 0.4) is 0 Å². The van der Waals surface area contributed by atoms with E-state index in [0.29, 0.717) is 5.95 Å². The Morgan fingerprint density at radius 2 is 1.16 bits per heavy atom. The molecule has 0 aliphatic rings. The molecule has 3 nitrogen and oxygen atoms in total. The van der Waals surface area contributed by atoms with Crippen LogP contribution >= 0.6 is 22.7 Å². The maximum atomic E-state index is 5.43. The molecule has 5 heteroatoms.